The maximum absolute atomic E-state index is 12.4. The Bertz CT molecular complexity index is 844. The van der Waals surface area contributed by atoms with Crippen molar-refractivity contribution in [3.8, 4) is 11.3 Å². The Balaban J connectivity index is 1.31. The van der Waals surface area contributed by atoms with Crippen molar-refractivity contribution in [1.82, 2.24) is 9.88 Å². The van der Waals surface area contributed by atoms with E-state index in [1.165, 1.54) is 11.3 Å². The standard InChI is InChI=1S/C19H20ClN3O3S/c20-15-4-2-1-3-14(15)16-11-27-19(21-16)22-17(24)12-9-13(10-12)18(25)23-5-7-26-8-6-23/h1-4,11-13H,5-10H2,(H,21,22,24)/t12-,13+. The summed E-state index contributed by atoms with van der Waals surface area (Å²) >= 11 is 7.57. The van der Waals surface area contributed by atoms with Gasteiger partial charge in [-0.15, -0.1) is 11.3 Å². The van der Waals surface area contributed by atoms with Crippen molar-refractivity contribution in [3.63, 3.8) is 0 Å². The lowest BCUT2D eigenvalue weighted by Gasteiger charge is -2.37. The number of nitrogens with one attached hydrogen (secondary N) is 1. The summed E-state index contributed by atoms with van der Waals surface area (Å²) in [5.41, 5.74) is 1.59. The van der Waals surface area contributed by atoms with Gasteiger partial charge in [-0.25, -0.2) is 4.98 Å². The molecular weight excluding hydrogens is 386 g/mol. The van der Waals surface area contributed by atoms with Crippen molar-refractivity contribution in [3.05, 3.63) is 34.7 Å². The Labute approximate surface area is 166 Å². The first kappa shape index (κ1) is 18.4. The molecule has 8 heteroatoms. The number of carbonyl (C=O) groups is 2. The number of amides is 2. The first-order valence-corrected chi connectivity index (χ1v) is 10.3. The van der Waals surface area contributed by atoms with Crippen molar-refractivity contribution >= 4 is 39.9 Å². The van der Waals surface area contributed by atoms with E-state index in [4.69, 9.17) is 16.3 Å². The van der Waals surface area contributed by atoms with Crippen molar-refractivity contribution in [2.24, 2.45) is 11.8 Å². The SMILES string of the molecule is O=C(Nc1nc(-c2ccccc2Cl)cs1)[C@H]1C[C@@H](C(=O)N2CCOCC2)C1. The molecule has 0 atom stereocenters. The van der Waals surface area contributed by atoms with E-state index in [0.29, 0.717) is 49.3 Å². The number of aromatic nitrogens is 1. The number of hydrogen-bond donors (Lipinski definition) is 1. The first-order valence-electron chi connectivity index (χ1n) is 8.99. The fourth-order valence-corrected chi connectivity index (χ4v) is 4.35. The zero-order valence-corrected chi connectivity index (χ0v) is 16.3. The molecule has 1 aromatic heterocycles. The van der Waals surface area contributed by atoms with E-state index in [-0.39, 0.29) is 23.7 Å². The van der Waals surface area contributed by atoms with Crippen LogP contribution in [0.5, 0.6) is 0 Å². The van der Waals surface area contributed by atoms with Crippen LogP contribution in [0.3, 0.4) is 0 Å². The number of halogens is 1. The lowest BCUT2D eigenvalue weighted by molar-refractivity contribution is -0.145. The van der Waals surface area contributed by atoms with Crippen molar-refractivity contribution in [2.45, 2.75) is 12.8 Å². The fourth-order valence-electron chi connectivity index (χ4n) is 3.41. The van der Waals surface area contributed by atoms with Gasteiger partial charge in [-0.05, 0) is 18.9 Å². The van der Waals surface area contributed by atoms with Gasteiger partial charge in [0.25, 0.3) is 0 Å². The number of rotatable bonds is 4. The number of hydrogen-bond acceptors (Lipinski definition) is 5. The van der Waals surface area contributed by atoms with Crippen LogP contribution in [0.4, 0.5) is 5.13 Å². The summed E-state index contributed by atoms with van der Waals surface area (Å²) in [6, 6.07) is 7.48. The molecule has 4 rings (SSSR count). The van der Waals surface area contributed by atoms with Crippen LogP contribution in [0.15, 0.2) is 29.6 Å². The molecule has 1 aliphatic carbocycles. The van der Waals surface area contributed by atoms with Crippen LogP contribution in [0.25, 0.3) is 11.3 Å². The zero-order valence-electron chi connectivity index (χ0n) is 14.7. The monoisotopic (exact) mass is 405 g/mol. The summed E-state index contributed by atoms with van der Waals surface area (Å²) in [6.07, 6.45) is 1.20. The van der Waals surface area contributed by atoms with Gasteiger partial charge >= 0.3 is 0 Å². The molecule has 1 saturated heterocycles. The molecule has 1 N–H and O–H groups in total. The molecule has 0 spiro atoms. The molecule has 6 nitrogen and oxygen atoms in total. The van der Waals surface area contributed by atoms with E-state index in [9.17, 15) is 9.59 Å². The van der Waals surface area contributed by atoms with E-state index in [1.54, 1.807) is 0 Å². The average molecular weight is 406 g/mol. The fraction of sp³-hybridized carbons (Fsp3) is 0.421. The minimum absolute atomic E-state index is 0.0474. The van der Waals surface area contributed by atoms with E-state index in [2.05, 4.69) is 10.3 Å². The summed E-state index contributed by atoms with van der Waals surface area (Å²) in [4.78, 5) is 31.2. The molecule has 1 aliphatic heterocycles. The third-order valence-electron chi connectivity index (χ3n) is 5.06. The molecule has 2 aromatic rings. The molecule has 0 radical (unpaired) electrons. The molecular formula is C19H20ClN3O3S. The van der Waals surface area contributed by atoms with Crippen LogP contribution in [-0.2, 0) is 14.3 Å². The summed E-state index contributed by atoms with van der Waals surface area (Å²) in [5.74, 6) is -0.0971. The predicted molar refractivity (Wildman–Crippen MR) is 105 cm³/mol. The quantitative estimate of drug-likeness (QED) is 0.847. The molecule has 2 amide bonds. The highest BCUT2D eigenvalue weighted by Gasteiger charge is 2.40. The van der Waals surface area contributed by atoms with E-state index >= 15 is 0 Å². The maximum Gasteiger partial charge on any atom is 0.229 e. The van der Waals surface area contributed by atoms with Gasteiger partial charge in [-0.1, -0.05) is 29.8 Å². The minimum Gasteiger partial charge on any atom is -0.378 e. The van der Waals surface area contributed by atoms with Gasteiger partial charge in [-0.2, -0.15) is 0 Å². The van der Waals surface area contributed by atoms with Crippen LogP contribution in [0.2, 0.25) is 5.02 Å². The molecule has 2 heterocycles. The number of carbonyl (C=O) groups excluding carboxylic acids is 2. The topological polar surface area (TPSA) is 71.5 Å². The number of ether oxygens (including phenoxy) is 1. The van der Waals surface area contributed by atoms with Gasteiger partial charge in [0.1, 0.15) is 0 Å². The Morgan fingerprint density at radius 1 is 1.19 bits per heavy atom. The lowest BCUT2D eigenvalue weighted by Crippen LogP contribution is -2.48. The smallest absolute Gasteiger partial charge is 0.229 e. The van der Waals surface area contributed by atoms with Gasteiger partial charge in [0.05, 0.1) is 18.9 Å². The zero-order chi connectivity index (χ0) is 18.8. The van der Waals surface area contributed by atoms with Crippen molar-refractivity contribution < 1.29 is 14.3 Å². The number of nitrogens with zero attached hydrogens (tertiary/aromatic N) is 2. The Morgan fingerprint density at radius 3 is 2.67 bits per heavy atom. The molecule has 0 unspecified atom stereocenters. The third-order valence-corrected chi connectivity index (χ3v) is 6.15. The van der Waals surface area contributed by atoms with Crippen LogP contribution in [0, 0.1) is 11.8 Å². The maximum atomic E-state index is 12.4. The molecule has 27 heavy (non-hydrogen) atoms. The second kappa shape index (κ2) is 7.96. The van der Waals surface area contributed by atoms with E-state index in [1.807, 2.05) is 34.5 Å². The Hall–Kier alpha value is -1.96. The highest BCUT2D eigenvalue weighted by Crippen LogP contribution is 2.37. The minimum atomic E-state index is -0.132. The van der Waals surface area contributed by atoms with Gasteiger partial charge < -0.3 is 15.0 Å². The molecule has 1 aromatic carbocycles. The van der Waals surface area contributed by atoms with Crippen LogP contribution in [0.1, 0.15) is 12.8 Å². The van der Waals surface area contributed by atoms with Gasteiger partial charge in [0.2, 0.25) is 11.8 Å². The number of benzene rings is 1. The molecule has 1 saturated carbocycles. The third kappa shape index (κ3) is 4.00. The van der Waals surface area contributed by atoms with Gasteiger partial charge in [0, 0.05) is 40.9 Å². The molecule has 142 valence electrons. The summed E-state index contributed by atoms with van der Waals surface area (Å²) in [7, 11) is 0. The second-order valence-electron chi connectivity index (χ2n) is 6.81. The molecule has 2 aliphatic rings. The van der Waals surface area contributed by atoms with Gasteiger partial charge in [0.15, 0.2) is 5.13 Å². The largest absolute Gasteiger partial charge is 0.378 e. The van der Waals surface area contributed by atoms with Gasteiger partial charge in [-0.3, -0.25) is 9.59 Å². The van der Waals surface area contributed by atoms with E-state index in [0.717, 1.165) is 11.3 Å². The van der Waals surface area contributed by atoms with Crippen LogP contribution >= 0.6 is 22.9 Å². The van der Waals surface area contributed by atoms with Crippen LogP contribution in [-0.4, -0.2) is 48.0 Å². The lowest BCUT2D eigenvalue weighted by atomic mass is 9.73. The Kier molecular flexibility index (Phi) is 5.43. The van der Waals surface area contributed by atoms with Crippen LogP contribution < -0.4 is 5.32 Å². The molecule has 2 fully saturated rings. The number of anilines is 1. The Morgan fingerprint density at radius 2 is 1.93 bits per heavy atom. The molecule has 0 bridgehead atoms. The first-order chi connectivity index (χ1) is 13.1. The van der Waals surface area contributed by atoms with Crippen molar-refractivity contribution in [1.29, 1.82) is 0 Å². The van der Waals surface area contributed by atoms with Crippen molar-refractivity contribution in [2.75, 3.05) is 31.6 Å². The number of morpholine rings is 1. The summed E-state index contributed by atoms with van der Waals surface area (Å²) < 4.78 is 5.28. The van der Waals surface area contributed by atoms with E-state index < -0.39 is 0 Å². The normalized spacial score (nSPS) is 22.2. The number of thiazole rings is 1. The highest BCUT2D eigenvalue weighted by atomic mass is 35.5. The second-order valence-corrected chi connectivity index (χ2v) is 8.08. The highest BCUT2D eigenvalue weighted by molar-refractivity contribution is 7.14. The predicted octanol–water partition coefficient (Wildman–Crippen LogP) is 3.29. The summed E-state index contributed by atoms with van der Waals surface area (Å²) in [5, 5.41) is 5.93. The summed E-state index contributed by atoms with van der Waals surface area (Å²) in [6.45, 7) is 2.49. The average Bonchev–Trinajstić information content (AvgIpc) is 3.09.